The van der Waals surface area contributed by atoms with E-state index in [-0.39, 0.29) is 10.8 Å². The molecule has 0 aliphatic heterocycles. The summed E-state index contributed by atoms with van der Waals surface area (Å²) in [7, 11) is 0. The SMILES string of the molecule is CC1(C)c2ccc(-c3ccc4oc5ccc(-c6ccc7c(c6)-c6cc(-c8cnc9c%10ccccc%10c%10ccccc%10c9n8)ccc6C7(C)C)cc5c4c3)cc2-c2cc(-c3cnc4c5ccccc5c5ccccc5c4n3)ccc21. The van der Waals surface area contributed by atoms with Gasteiger partial charge in [-0.05, 0) is 137 Å². The van der Waals surface area contributed by atoms with Gasteiger partial charge in [-0.1, -0.05) is 185 Å². The van der Waals surface area contributed by atoms with Crippen LogP contribution in [-0.2, 0) is 10.8 Å². The Morgan fingerprint density at radius 2 is 0.570 bits per heavy atom. The fraction of sp³-hybridized carbons (Fsp3) is 0.0811. The first kappa shape index (κ1) is 44.3. The minimum absolute atomic E-state index is 0.164. The summed E-state index contributed by atoms with van der Waals surface area (Å²) in [6.07, 6.45) is 3.90. The Morgan fingerprint density at radius 3 is 0.937 bits per heavy atom. The zero-order valence-electron chi connectivity index (χ0n) is 44.0. The van der Waals surface area contributed by atoms with Crippen molar-refractivity contribution in [3.05, 3.63) is 241 Å². The van der Waals surface area contributed by atoms with E-state index in [9.17, 15) is 0 Å². The standard InChI is InChI=1S/C74H48N4O/c1-73(2)61-27-21-41(33-55(61)57-37-45(23-29-63(57)73)65-39-75-69-51-17-9-5-13-47(51)49-15-7-11-19-53(49)71(69)77-65)43-25-31-67-59(35-43)60-36-44(26-32-68(60)79-67)42-22-28-62-56(34-42)58-38-46(24-30-64(58)74(62,3)4)66-40-76-70-52-18-10-6-14-48(52)50-16-8-12-20-54(50)72(70)78-66/h5-40H,1-4H3. The Balaban J connectivity index is 0.730. The van der Waals surface area contributed by atoms with Crippen molar-refractivity contribution in [3.63, 3.8) is 0 Å². The summed E-state index contributed by atoms with van der Waals surface area (Å²) in [6, 6.07) is 75.2. The smallest absolute Gasteiger partial charge is 0.135 e. The summed E-state index contributed by atoms with van der Waals surface area (Å²) < 4.78 is 6.56. The normalized spacial score (nSPS) is 14.0. The molecule has 0 bridgehead atoms. The summed E-state index contributed by atoms with van der Waals surface area (Å²) in [5.41, 5.74) is 23.9. The Labute approximate surface area is 455 Å². The molecule has 0 spiro atoms. The topological polar surface area (TPSA) is 64.7 Å². The number of benzene rings is 12. The maximum atomic E-state index is 6.56. The van der Waals surface area contributed by atoms with Gasteiger partial charge in [0.05, 0.1) is 45.8 Å². The molecule has 0 saturated heterocycles. The van der Waals surface area contributed by atoms with Crippen molar-refractivity contribution in [1.29, 1.82) is 0 Å². The highest BCUT2D eigenvalue weighted by atomic mass is 16.3. The zero-order valence-corrected chi connectivity index (χ0v) is 44.0. The van der Waals surface area contributed by atoms with Crippen molar-refractivity contribution in [1.82, 2.24) is 19.9 Å². The molecule has 79 heavy (non-hydrogen) atoms. The fourth-order valence-electron chi connectivity index (χ4n) is 13.9. The van der Waals surface area contributed by atoms with E-state index in [0.29, 0.717) is 0 Å². The molecule has 0 unspecified atom stereocenters. The highest BCUT2D eigenvalue weighted by molar-refractivity contribution is 6.24. The highest BCUT2D eigenvalue weighted by Crippen LogP contribution is 2.53. The van der Waals surface area contributed by atoms with Gasteiger partial charge in [-0.2, -0.15) is 0 Å². The van der Waals surface area contributed by atoms with Crippen molar-refractivity contribution in [2.24, 2.45) is 0 Å². The third kappa shape index (κ3) is 6.27. The number of hydrogen-bond donors (Lipinski definition) is 0. The largest absolute Gasteiger partial charge is 0.456 e. The van der Waals surface area contributed by atoms with Crippen molar-refractivity contribution in [2.45, 2.75) is 38.5 Å². The molecule has 5 heteroatoms. The van der Waals surface area contributed by atoms with Gasteiger partial charge in [0.15, 0.2) is 0 Å². The van der Waals surface area contributed by atoms with Gasteiger partial charge >= 0.3 is 0 Å². The van der Waals surface area contributed by atoms with Gasteiger partial charge in [0.1, 0.15) is 11.2 Å². The lowest BCUT2D eigenvalue weighted by Crippen LogP contribution is -2.14. The van der Waals surface area contributed by atoms with Crippen molar-refractivity contribution in [2.75, 3.05) is 0 Å². The second-order valence-corrected chi connectivity index (χ2v) is 22.9. The van der Waals surface area contributed by atoms with E-state index in [4.69, 9.17) is 24.4 Å². The van der Waals surface area contributed by atoms with Crippen LogP contribution in [0.25, 0.3) is 154 Å². The lowest BCUT2D eigenvalue weighted by Gasteiger charge is -2.21. The molecule has 0 atom stereocenters. The van der Waals surface area contributed by atoms with Gasteiger partial charge in [0.25, 0.3) is 0 Å². The zero-order chi connectivity index (χ0) is 52.5. The lowest BCUT2D eigenvalue weighted by atomic mass is 9.82. The lowest BCUT2D eigenvalue weighted by molar-refractivity contribution is 0.660. The number of aromatic nitrogens is 4. The van der Waals surface area contributed by atoms with Gasteiger partial charge in [0.2, 0.25) is 0 Å². The van der Waals surface area contributed by atoms with Crippen LogP contribution in [0.4, 0.5) is 0 Å². The minimum atomic E-state index is -0.164. The third-order valence-corrected chi connectivity index (χ3v) is 17.9. The quantitative estimate of drug-likeness (QED) is 0.164. The van der Waals surface area contributed by atoms with Crippen molar-refractivity contribution >= 4 is 87.1 Å². The molecule has 15 aromatic rings. The van der Waals surface area contributed by atoms with Crippen LogP contribution in [-0.4, -0.2) is 19.9 Å². The van der Waals surface area contributed by atoms with Gasteiger partial charge in [-0.25, -0.2) is 9.97 Å². The van der Waals surface area contributed by atoms with Crippen LogP contribution in [0.1, 0.15) is 49.9 Å². The minimum Gasteiger partial charge on any atom is -0.456 e. The molecule has 0 radical (unpaired) electrons. The van der Waals surface area contributed by atoms with Crippen LogP contribution in [0, 0.1) is 0 Å². The van der Waals surface area contributed by atoms with E-state index in [0.717, 1.165) is 99.2 Å². The number of furan rings is 1. The first-order valence-corrected chi connectivity index (χ1v) is 27.3. The Hall–Kier alpha value is -9.84. The Bertz CT molecular complexity index is 4820. The maximum absolute atomic E-state index is 6.56. The predicted octanol–water partition coefficient (Wildman–Crippen LogP) is 19.4. The Kier molecular flexibility index (Phi) is 8.90. The van der Waals surface area contributed by atoms with E-state index in [1.54, 1.807) is 0 Å². The number of rotatable bonds is 4. The van der Waals surface area contributed by atoms with E-state index >= 15 is 0 Å². The second-order valence-electron chi connectivity index (χ2n) is 22.9. The second kappa shape index (κ2) is 15.9. The van der Waals surface area contributed by atoms with Crippen LogP contribution in [0.3, 0.4) is 0 Å². The summed E-state index contributed by atoms with van der Waals surface area (Å²) in [5, 5.41) is 11.5. The monoisotopic (exact) mass is 1010 g/mol. The van der Waals surface area contributed by atoms with Gasteiger partial charge in [-0.15, -0.1) is 0 Å². The molecule has 2 aliphatic rings. The molecule has 5 nitrogen and oxygen atoms in total. The first-order chi connectivity index (χ1) is 38.6. The molecular weight excluding hydrogens is 961 g/mol. The summed E-state index contributed by atoms with van der Waals surface area (Å²) in [6.45, 7) is 9.36. The van der Waals surface area contributed by atoms with Crippen LogP contribution in [0.2, 0.25) is 0 Å². The molecule has 12 aromatic carbocycles. The van der Waals surface area contributed by atoms with Crippen LogP contribution in [0.15, 0.2) is 223 Å². The highest BCUT2D eigenvalue weighted by Gasteiger charge is 2.37. The summed E-state index contributed by atoms with van der Waals surface area (Å²) >= 11 is 0. The van der Waals surface area contributed by atoms with Crippen LogP contribution >= 0.6 is 0 Å². The Morgan fingerprint density at radius 1 is 0.278 bits per heavy atom. The fourth-order valence-corrected chi connectivity index (χ4v) is 13.9. The third-order valence-electron chi connectivity index (χ3n) is 17.9. The molecule has 0 saturated carbocycles. The molecule has 3 heterocycles. The molecule has 370 valence electrons. The maximum Gasteiger partial charge on any atom is 0.135 e. The number of fused-ring (bicyclic) bond motifs is 21. The van der Waals surface area contributed by atoms with E-state index in [1.165, 1.54) is 77.2 Å². The molecule has 0 amide bonds. The van der Waals surface area contributed by atoms with Gasteiger partial charge < -0.3 is 4.42 Å². The van der Waals surface area contributed by atoms with Crippen LogP contribution in [0.5, 0.6) is 0 Å². The summed E-state index contributed by atoms with van der Waals surface area (Å²) in [4.78, 5) is 21.0. The molecule has 3 aromatic heterocycles. The van der Waals surface area contributed by atoms with Gasteiger partial charge in [0, 0.05) is 54.3 Å². The van der Waals surface area contributed by atoms with E-state index < -0.39 is 0 Å². The van der Waals surface area contributed by atoms with Crippen LogP contribution < -0.4 is 0 Å². The number of nitrogens with zero attached hydrogens (tertiary/aromatic N) is 4. The van der Waals surface area contributed by atoms with E-state index in [1.807, 2.05) is 12.4 Å². The molecular formula is C74H48N4O. The molecule has 17 rings (SSSR count). The molecule has 0 fully saturated rings. The number of hydrogen-bond acceptors (Lipinski definition) is 5. The summed E-state index contributed by atoms with van der Waals surface area (Å²) in [5.74, 6) is 0. The van der Waals surface area contributed by atoms with Crippen molar-refractivity contribution in [3.8, 4) is 67.0 Å². The molecule has 0 N–H and O–H groups in total. The molecule has 2 aliphatic carbocycles. The first-order valence-electron chi connectivity index (χ1n) is 27.3. The van der Waals surface area contributed by atoms with Crippen molar-refractivity contribution < 1.29 is 4.42 Å². The predicted molar refractivity (Wildman–Crippen MR) is 327 cm³/mol. The average Bonchev–Trinajstić information content (AvgIpc) is 4.30. The van der Waals surface area contributed by atoms with Gasteiger partial charge in [-0.3, -0.25) is 9.97 Å². The van der Waals surface area contributed by atoms with E-state index in [2.05, 4.69) is 234 Å². The average molecular weight is 1010 g/mol.